The van der Waals surface area contributed by atoms with Crippen LogP contribution in [0, 0.1) is 5.82 Å². The van der Waals surface area contributed by atoms with Gasteiger partial charge in [0.25, 0.3) is 0 Å². The molecule has 1 atom stereocenters. The summed E-state index contributed by atoms with van der Waals surface area (Å²) in [6.45, 7) is 2.28. The predicted molar refractivity (Wildman–Crippen MR) is 68.4 cm³/mol. The summed E-state index contributed by atoms with van der Waals surface area (Å²) in [5.74, 6) is -0.744. The van der Waals surface area contributed by atoms with Crippen molar-refractivity contribution in [2.75, 3.05) is 6.61 Å². The molecule has 1 rings (SSSR count). The Bertz CT molecular complexity index is 517. The highest BCUT2D eigenvalue weighted by molar-refractivity contribution is 9.10. The third-order valence-corrected chi connectivity index (χ3v) is 2.79. The summed E-state index contributed by atoms with van der Waals surface area (Å²) in [4.78, 5) is 0. The molecule has 0 aliphatic heterocycles. The van der Waals surface area contributed by atoms with Crippen LogP contribution in [0.1, 0.15) is 5.56 Å². The molecule has 0 bridgehead atoms. The average molecular weight is 356 g/mol. The molecular weight excluding hydrogens is 346 g/mol. The molecule has 0 aliphatic carbocycles. The number of alkyl halides is 3. The molecule has 3 nitrogen and oxygen atoms in total. The lowest BCUT2D eigenvalue weighted by Gasteiger charge is -2.17. The van der Waals surface area contributed by atoms with E-state index in [2.05, 4.69) is 32.4 Å². The van der Waals surface area contributed by atoms with Gasteiger partial charge >= 0.3 is 6.18 Å². The Morgan fingerprint density at radius 2 is 2.15 bits per heavy atom. The third kappa shape index (κ3) is 4.31. The molecule has 0 saturated carbocycles. The van der Waals surface area contributed by atoms with E-state index < -0.39 is 24.7 Å². The van der Waals surface area contributed by atoms with E-state index in [1.807, 2.05) is 0 Å². The molecule has 1 unspecified atom stereocenters. The van der Waals surface area contributed by atoms with Crippen molar-refractivity contribution >= 4 is 21.6 Å². The van der Waals surface area contributed by atoms with Crippen molar-refractivity contribution in [3.63, 3.8) is 0 Å². The Kier molecular flexibility index (Phi) is 5.70. The highest BCUT2D eigenvalue weighted by Crippen LogP contribution is 2.24. The van der Waals surface area contributed by atoms with Crippen molar-refractivity contribution in [1.82, 2.24) is 0 Å². The van der Waals surface area contributed by atoms with Crippen LogP contribution in [0.2, 0.25) is 0 Å². The minimum Gasteiger partial charge on any atom is -0.411 e. The lowest BCUT2D eigenvalue weighted by Crippen LogP contribution is -2.31. The summed E-state index contributed by atoms with van der Waals surface area (Å²) < 4.78 is 55.9. The standard InChI is InChI=1S/C12H10BrF4NO2/c1-2-11(12(15,16)17)20-6-10(18-19)8-5-7(13)3-4-9(8)14/h2-5,11,19H,1,6H2/b18-10+. The second kappa shape index (κ2) is 6.85. The normalized spacial score (nSPS) is 14.2. The summed E-state index contributed by atoms with van der Waals surface area (Å²) in [6, 6.07) is 3.75. The summed E-state index contributed by atoms with van der Waals surface area (Å²) in [7, 11) is 0. The van der Waals surface area contributed by atoms with Gasteiger partial charge < -0.3 is 9.94 Å². The van der Waals surface area contributed by atoms with E-state index in [1.165, 1.54) is 12.1 Å². The van der Waals surface area contributed by atoms with Crippen LogP contribution in [0.4, 0.5) is 17.6 Å². The van der Waals surface area contributed by atoms with Gasteiger partial charge in [0.2, 0.25) is 0 Å². The Labute approximate surface area is 120 Å². The Balaban J connectivity index is 2.89. The molecule has 0 heterocycles. The minimum absolute atomic E-state index is 0.160. The predicted octanol–water partition coefficient (Wildman–Crippen LogP) is 3.90. The Morgan fingerprint density at radius 3 is 2.65 bits per heavy atom. The molecule has 0 spiro atoms. The van der Waals surface area contributed by atoms with E-state index in [-0.39, 0.29) is 11.3 Å². The van der Waals surface area contributed by atoms with Gasteiger partial charge in [0.1, 0.15) is 11.5 Å². The topological polar surface area (TPSA) is 41.8 Å². The molecule has 0 amide bonds. The van der Waals surface area contributed by atoms with Gasteiger partial charge in [-0.15, -0.1) is 6.58 Å². The first-order valence-electron chi connectivity index (χ1n) is 5.26. The monoisotopic (exact) mass is 355 g/mol. The molecule has 0 fully saturated rings. The van der Waals surface area contributed by atoms with Crippen LogP contribution in [0.15, 0.2) is 40.5 Å². The van der Waals surface area contributed by atoms with Crippen LogP contribution in [0.5, 0.6) is 0 Å². The summed E-state index contributed by atoms with van der Waals surface area (Å²) >= 11 is 3.08. The van der Waals surface area contributed by atoms with Crippen LogP contribution >= 0.6 is 15.9 Å². The lowest BCUT2D eigenvalue weighted by atomic mass is 10.1. The summed E-state index contributed by atoms with van der Waals surface area (Å²) in [6.07, 6.45) is -6.31. The highest BCUT2D eigenvalue weighted by Gasteiger charge is 2.38. The van der Waals surface area contributed by atoms with Crippen LogP contribution in [0.3, 0.4) is 0 Å². The number of hydrogen-bond donors (Lipinski definition) is 1. The second-order valence-corrected chi connectivity index (χ2v) is 4.60. The Hall–Kier alpha value is -1.41. The Morgan fingerprint density at radius 1 is 1.50 bits per heavy atom. The molecule has 0 saturated heterocycles. The fraction of sp³-hybridized carbons (Fsp3) is 0.250. The summed E-state index contributed by atoms with van der Waals surface area (Å²) in [5.41, 5.74) is -0.522. The van der Waals surface area contributed by atoms with Crippen molar-refractivity contribution in [3.8, 4) is 0 Å². The fourth-order valence-corrected chi connectivity index (χ4v) is 1.71. The fourth-order valence-electron chi connectivity index (χ4n) is 1.34. The van der Waals surface area contributed by atoms with Gasteiger partial charge in [0.05, 0.1) is 6.61 Å². The maximum Gasteiger partial charge on any atom is 0.418 e. The number of nitrogens with zero attached hydrogens (tertiary/aromatic N) is 1. The molecule has 0 radical (unpaired) electrons. The largest absolute Gasteiger partial charge is 0.418 e. The molecule has 0 aromatic heterocycles. The smallest absolute Gasteiger partial charge is 0.411 e. The van der Waals surface area contributed by atoms with Gasteiger partial charge in [0, 0.05) is 10.0 Å². The number of ether oxygens (including phenoxy) is 1. The number of halogens is 5. The van der Waals surface area contributed by atoms with Gasteiger partial charge in [-0.05, 0) is 18.2 Å². The van der Waals surface area contributed by atoms with Gasteiger partial charge in [-0.25, -0.2) is 4.39 Å². The van der Waals surface area contributed by atoms with Gasteiger partial charge in [-0.3, -0.25) is 0 Å². The van der Waals surface area contributed by atoms with E-state index in [1.54, 1.807) is 0 Å². The van der Waals surface area contributed by atoms with Gasteiger partial charge in [-0.1, -0.05) is 27.2 Å². The molecule has 8 heteroatoms. The molecule has 1 N–H and O–H groups in total. The van der Waals surface area contributed by atoms with Gasteiger partial charge in [-0.2, -0.15) is 13.2 Å². The second-order valence-electron chi connectivity index (χ2n) is 3.68. The SMILES string of the molecule is C=CC(OC/C(=N\O)c1cc(Br)ccc1F)C(F)(F)F. The van der Waals surface area contributed by atoms with Crippen molar-refractivity contribution < 1.29 is 27.5 Å². The number of benzene rings is 1. The van der Waals surface area contributed by atoms with Crippen molar-refractivity contribution in [2.24, 2.45) is 5.16 Å². The van der Waals surface area contributed by atoms with Crippen LogP contribution in [-0.2, 0) is 4.74 Å². The molecule has 1 aromatic rings. The van der Waals surface area contributed by atoms with E-state index >= 15 is 0 Å². The molecular formula is C12H10BrF4NO2. The minimum atomic E-state index is -4.64. The van der Waals surface area contributed by atoms with Gasteiger partial charge in [0.15, 0.2) is 6.10 Å². The third-order valence-electron chi connectivity index (χ3n) is 2.30. The number of rotatable bonds is 5. The molecule has 20 heavy (non-hydrogen) atoms. The number of hydrogen-bond acceptors (Lipinski definition) is 3. The first-order valence-corrected chi connectivity index (χ1v) is 6.06. The zero-order valence-corrected chi connectivity index (χ0v) is 11.6. The first kappa shape index (κ1) is 16.6. The van der Waals surface area contributed by atoms with Crippen molar-refractivity contribution in [1.29, 1.82) is 0 Å². The quantitative estimate of drug-likeness (QED) is 0.286. The van der Waals surface area contributed by atoms with E-state index in [9.17, 15) is 17.6 Å². The van der Waals surface area contributed by atoms with Crippen molar-refractivity contribution in [2.45, 2.75) is 12.3 Å². The molecule has 110 valence electrons. The molecule has 0 aliphatic rings. The first-order chi connectivity index (χ1) is 9.29. The maximum absolute atomic E-state index is 13.5. The highest BCUT2D eigenvalue weighted by atomic mass is 79.9. The van der Waals surface area contributed by atoms with E-state index in [4.69, 9.17) is 5.21 Å². The van der Waals surface area contributed by atoms with E-state index in [0.717, 1.165) is 6.07 Å². The number of oxime groups is 1. The van der Waals surface area contributed by atoms with Crippen molar-refractivity contribution in [3.05, 3.63) is 46.7 Å². The van der Waals surface area contributed by atoms with Crippen LogP contribution in [-0.4, -0.2) is 29.8 Å². The zero-order valence-electron chi connectivity index (χ0n) is 9.99. The lowest BCUT2D eigenvalue weighted by molar-refractivity contribution is -0.199. The van der Waals surface area contributed by atoms with Crippen LogP contribution in [0.25, 0.3) is 0 Å². The maximum atomic E-state index is 13.5. The van der Waals surface area contributed by atoms with E-state index in [0.29, 0.717) is 10.5 Å². The van der Waals surface area contributed by atoms with Crippen LogP contribution < -0.4 is 0 Å². The average Bonchev–Trinajstić information content (AvgIpc) is 2.36. The zero-order chi connectivity index (χ0) is 15.3. The summed E-state index contributed by atoms with van der Waals surface area (Å²) in [5, 5.41) is 11.6. The molecule has 1 aromatic carbocycles.